The predicted molar refractivity (Wildman–Crippen MR) is 127 cm³/mol. The van der Waals surface area contributed by atoms with Crippen molar-refractivity contribution in [1.82, 2.24) is 5.32 Å². The van der Waals surface area contributed by atoms with Gasteiger partial charge in [0.1, 0.15) is 5.82 Å². The summed E-state index contributed by atoms with van der Waals surface area (Å²) in [6.07, 6.45) is -12.8. The molecule has 0 spiro atoms. The lowest BCUT2D eigenvalue weighted by Crippen LogP contribution is -2.54. The average Bonchev–Trinajstić information content (AvgIpc) is 2.79. The van der Waals surface area contributed by atoms with Crippen molar-refractivity contribution < 1.29 is 54.2 Å². The summed E-state index contributed by atoms with van der Waals surface area (Å²) in [7, 11) is -4.53. The molecule has 0 radical (unpaired) electrons. The highest BCUT2D eigenvalue weighted by atomic mass is 32.2. The van der Waals surface area contributed by atoms with E-state index in [1.54, 1.807) is 0 Å². The highest BCUT2D eigenvalue weighted by Gasteiger charge is 2.71. The molecule has 0 unspecified atom stereocenters. The fourth-order valence-corrected chi connectivity index (χ4v) is 6.68. The number of anilines is 1. The van der Waals surface area contributed by atoms with Gasteiger partial charge in [-0.05, 0) is 50.2 Å². The number of benzene rings is 2. The smallest absolute Gasteiger partial charge is 0.389 e. The van der Waals surface area contributed by atoms with E-state index in [0.29, 0.717) is 34.3 Å². The highest BCUT2D eigenvalue weighted by molar-refractivity contribution is 8.00. The summed E-state index contributed by atoms with van der Waals surface area (Å²) in [5, 5.41) is 21.0. The Labute approximate surface area is 223 Å². The van der Waals surface area contributed by atoms with Gasteiger partial charge in [0, 0.05) is 35.2 Å². The van der Waals surface area contributed by atoms with Crippen molar-refractivity contribution in [3.8, 4) is 0 Å². The first-order valence-corrected chi connectivity index (χ1v) is 13.4. The van der Waals surface area contributed by atoms with Crippen LogP contribution in [0.2, 0.25) is 0 Å². The third-order valence-corrected chi connectivity index (χ3v) is 8.69. The van der Waals surface area contributed by atoms with Gasteiger partial charge in [-0.15, -0.1) is 11.8 Å². The maximum atomic E-state index is 13.5. The van der Waals surface area contributed by atoms with Crippen LogP contribution in [0.3, 0.4) is 0 Å². The summed E-state index contributed by atoms with van der Waals surface area (Å²) in [4.78, 5) is 11.6. The van der Waals surface area contributed by atoms with Crippen LogP contribution in [0.4, 0.5) is 36.4 Å². The van der Waals surface area contributed by atoms with E-state index in [1.807, 2.05) is 0 Å². The number of hydrogen-bond donors (Lipinski definition) is 3. The van der Waals surface area contributed by atoms with Gasteiger partial charge in [0.15, 0.2) is 0 Å². The van der Waals surface area contributed by atoms with Gasteiger partial charge in [0.25, 0.3) is 15.6 Å². The number of halogens is 7. The Kier molecular flexibility index (Phi) is 8.30. The topological polar surface area (TPSA) is 107 Å². The van der Waals surface area contributed by atoms with Crippen molar-refractivity contribution >= 4 is 33.4 Å². The maximum Gasteiger partial charge on any atom is 0.430 e. The van der Waals surface area contributed by atoms with Crippen molar-refractivity contribution in [3.63, 3.8) is 0 Å². The van der Waals surface area contributed by atoms with Crippen LogP contribution in [0.15, 0.2) is 52.3 Å². The molecule has 16 heteroatoms. The second-order valence-corrected chi connectivity index (χ2v) is 12.6. The summed E-state index contributed by atoms with van der Waals surface area (Å²) in [6.45, 7) is 2.20. The summed E-state index contributed by atoms with van der Waals surface area (Å²) in [5.74, 6) is -1.43. The second kappa shape index (κ2) is 10.4. The molecule has 1 heterocycles. The summed E-state index contributed by atoms with van der Waals surface area (Å²) in [6, 6.07) is 4.97. The zero-order chi connectivity index (χ0) is 29.6. The highest BCUT2D eigenvalue weighted by Crippen LogP contribution is 2.52. The van der Waals surface area contributed by atoms with E-state index < -0.39 is 74.0 Å². The Morgan fingerprint density at radius 3 is 2.10 bits per heavy atom. The third kappa shape index (κ3) is 6.44. The number of sulfonamides is 1. The van der Waals surface area contributed by atoms with Gasteiger partial charge in [-0.2, -0.15) is 26.3 Å². The van der Waals surface area contributed by atoms with Gasteiger partial charge in [0.05, 0.1) is 16.2 Å². The zero-order valence-corrected chi connectivity index (χ0v) is 21.9. The molecule has 0 aromatic heterocycles. The number of rotatable bonds is 7. The Morgan fingerprint density at radius 1 is 1.03 bits per heavy atom. The Hall–Kier alpha value is -2.56. The van der Waals surface area contributed by atoms with Crippen molar-refractivity contribution in [2.75, 3.05) is 17.4 Å². The molecule has 0 saturated heterocycles. The molecule has 2 aromatic carbocycles. The predicted octanol–water partition coefficient (Wildman–Crippen LogP) is 4.08. The first kappa shape index (κ1) is 31.0. The molecule has 0 aliphatic carbocycles. The molecule has 7 nitrogen and oxygen atoms in total. The monoisotopic (exact) mass is 604 g/mol. The third-order valence-electron chi connectivity index (χ3n) is 5.66. The van der Waals surface area contributed by atoms with Crippen molar-refractivity contribution in [2.24, 2.45) is 0 Å². The van der Waals surface area contributed by atoms with E-state index in [9.17, 15) is 54.2 Å². The van der Waals surface area contributed by atoms with Gasteiger partial charge < -0.3 is 15.5 Å². The number of carbonyl (C=O) groups is 1. The van der Waals surface area contributed by atoms with Crippen LogP contribution in [0, 0.1) is 5.82 Å². The van der Waals surface area contributed by atoms with Crippen LogP contribution >= 0.6 is 11.8 Å². The summed E-state index contributed by atoms with van der Waals surface area (Å²) < 4.78 is 122. The molecule has 1 aliphatic rings. The molecule has 39 heavy (non-hydrogen) atoms. The SMILES string of the molecule is CC(C)(O)CNC(=O)C[C@@H]1CN(S(=O)(=O)c2ccc(F)cc2)c2ccc(C(O)(C(F)(F)F)C(F)(F)F)cc2S1. The number of amides is 1. The van der Waals surface area contributed by atoms with Crippen molar-refractivity contribution in [1.29, 1.82) is 0 Å². The van der Waals surface area contributed by atoms with Crippen LogP contribution in [0.25, 0.3) is 0 Å². The number of nitrogens with zero attached hydrogens (tertiary/aromatic N) is 1. The first-order chi connectivity index (χ1) is 17.7. The Bertz CT molecular complexity index is 1310. The Balaban J connectivity index is 2.10. The number of aliphatic hydroxyl groups is 2. The molecule has 0 bridgehead atoms. The molecule has 3 N–H and O–H groups in total. The quantitative estimate of drug-likeness (QED) is 0.412. The number of alkyl halides is 6. The van der Waals surface area contributed by atoms with E-state index in [0.717, 1.165) is 24.3 Å². The van der Waals surface area contributed by atoms with E-state index in [-0.39, 0.29) is 17.1 Å². The van der Waals surface area contributed by atoms with Crippen LogP contribution in [-0.4, -0.2) is 60.8 Å². The fraction of sp³-hybridized carbons (Fsp3) is 0.435. The van der Waals surface area contributed by atoms with Gasteiger partial charge in [-0.25, -0.2) is 12.8 Å². The minimum atomic E-state index is -6.17. The number of carbonyl (C=O) groups excluding carboxylic acids is 1. The van der Waals surface area contributed by atoms with Crippen LogP contribution in [-0.2, 0) is 20.4 Å². The van der Waals surface area contributed by atoms with E-state index in [4.69, 9.17) is 0 Å². The molecular formula is C23H23F7N2O5S2. The molecule has 1 atom stereocenters. The van der Waals surface area contributed by atoms with E-state index >= 15 is 0 Å². The number of hydrogen-bond acceptors (Lipinski definition) is 6. The zero-order valence-electron chi connectivity index (χ0n) is 20.3. The van der Waals surface area contributed by atoms with Gasteiger partial charge in [-0.3, -0.25) is 9.10 Å². The molecule has 0 fully saturated rings. The molecule has 0 saturated carbocycles. The lowest BCUT2D eigenvalue weighted by Gasteiger charge is -2.37. The second-order valence-electron chi connectivity index (χ2n) is 9.41. The fourth-order valence-electron chi connectivity index (χ4n) is 3.69. The Morgan fingerprint density at radius 2 is 1.59 bits per heavy atom. The molecule has 1 amide bonds. The molecular weight excluding hydrogens is 581 g/mol. The first-order valence-electron chi connectivity index (χ1n) is 11.1. The normalized spacial score (nSPS) is 17.1. The summed E-state index contributed by atoms with van der Waals surface area (Å²) in [5.41, 5.74) is -8.45. The van der Waals surface area contributed by atoms with E-state index in [1.165, 1.54) is 13.8 Å². The van der Waals surface area contributed by atoms with Crippen LogP contribution < -0.4 is 9.62 Å². The maximum absolute atomic E-state index is 13.5. The largest absolute Gasteiger partial charge is 0.430 e. The van der Waals surface area contributed by atoms with Crippen LogP contribution in [0.5, 0.6) is 0 Å². The van der Waals surface area contributed by atoms with Gasteiger partial charge >= 0.3 is 12.4 Å². The standard InChI is InChI=1S/C23H23F7N2O5S2/c1-20(2,34)12-31-19(33)10-15-11-32(39(36,37)16-6-4-14(24)5-7-16)17-8-3-13(9-18(17)38-15)21(35,22(25,26)27)23(28,29)30/h3-9,15,34-35H,10-12H2,1-2H3,(H,31,33)/t15-/m1/s1. The lowest BCUT2D eigenvalue weighted by atomic mass is 9.92. The van der Waals surface area contributed by atoms with Crippen LogP contribution in [0.1, 0.15) is 25.8 Å². The molecule has 2 aromatic rings. The minimum Gasteiger partial charge on any atom is -0.389 e. The molecule has 3 rings (SSSR count). The molecule has 216 valence electrons. The molecule has 1 aliphatic heterocycles. The number of thioether (sulfide) groups is 1. The summed E-state index contributed by atoms with van der Waals surface area (Å²) >= 11 is 0.652. The van der Waals surface area contributed by atoms with E-state index in [2.05, 4.69) is 5.32 Å². The number of fused-ring (bicyclic) bond motifs is 1. The lowest BCUT2D eigenvalue weighted by molar-refractivity contribution is -0.376. The minimum absolute atomic E-state index is 0.189. The van der Waals surface area contributed by atoms with Gasteiger partial charge in [-0.1, -0.05) is 6.07 Å². The number of nitrogens with one attached hydrogen (secondary N) is 1. The van der Waals surface area contributed by atoms with Crippen molar-refractivity contribution in [3.05, 3.63) is 53.8 Å². The van der Waals surface area contributed by atoms with Gasteiger partial charge in [0.2, 0.25) is 5.91 Å². The average molecular weight is 605 g/mol. The van der Waals surface area contributed by atoms with Crippen molar-refractivity contribution in [2.45, 2.75) is 58.9 Å².